The average molecular weight is 377 g/mol. The van der Waals surface area contributed by atoms with E-state index in [4.69, 9.17) is 23.2 Å². The number of benzene rings is 2. The fourth-order valence-corrected chi connectivity index (χ4v) is 3.31. The lowest BCUT2D eigenvalue weighted by atomic mass is 10.2. The summed E-state index contributed by atoms with van der Waals surface area (Å²) in [4.78, 5) is 28.8. The molecule has 6 heteroatoms. The molecule has 4 nitrogen and oxygen atoms in total. The Morgan fingerprint density at radius 2 is 1.16 bits per heavy atom. The molecule has 2 amide bonds. The third kappa shape index (κ3) is 4.33. The van der Waals surface area contributed by atoms with Gasteiger partial charge in [0.05, 0.1) is 0 Å². The Labute approximate surface area is 156 Å². The maximum Gasteiger partial charge on any atom is 0.253 e. The van der Waals surface area contributed by atoms with Gasteiger partial charge in [-0.2, -0.15) is 0 Å². The summed E-state index contributed by atoms with van der Waals surface area (Å²) in [6.07, 6.45) is 0.735. The van der Waals surface area contributed by atoms with Crippen LogP contribution in [0.1, 0.15) is 27.1 Å². The molecule has 0 N–H and O–H groups in total. The van der Waals surface area contributed by atoms with E-state index in [1.807, 2.05) is 0 Å². The average Bonchev–Trinajstić information content (AvgIpc) is 2.86. The summed E-state index contributed by atoms with van der Waals surface area (Å²) >= 11 is 11.9. The molecule has 0 unspecified atom stereocenters. The van der Waals surface area contributed by atoms with Crippen LogP contribution in [0.3, 0.4) is 0 Å². The van der Waals surface area contributed by atoms with Gasteiger partial charge in [0, 0.05) is 47.4 Å². The molecule has 1 aliphatic rings. The van der Waals surface area contributed by atoms with Crippen molar-refractivity contribution in [3.05, 3.63) is 69.7 Å². The van der Waals surface area contributed by atoms with Crippen molar-refractivity contribution < 1.29 is 9.59 Å². The zero-order valence-corrected chi connectivity index (χ0v) is 15.1. The van der Waals surface area contributed by atoms with Crippen LogP contribution in [0.15, 0.2) is 48.5 Å². The van der Waals surface area contributed by atoms with E-state index in [1.54, 1.807) is 58.3 Å². The molecule has 1 saturated heterocycles. The molecule has 25 heavy (non-hydrogen) atoms. The molecule has 0 aromatic heterocycles. The van der Waals surface area contributed by atoms with Gasteiger partial charge in [-0.3, -0.25) is 9.59 Å². The van der Waals surface area contributed by atoms with Crippen molar-refractivity contribution in [1.29, 1.82) is 0 Å². The van der Waals surface area contributed by atoms with Crippen molar-refractivity contribution in [2.75, 3.05) is 26.2 Å². The topological polar surface area (TPSA) is 40.6 Å². The number of rotatable bonds is 2. The van der Waals surface area contributed by atoms with Crippen LogP contribution in [0.5, 0.6) is 0 Å². The second-order valence-corrected chi connectivity index (χ2v) is 6.83. The zero-order valence-electron chi connectivity index (χ0n) is 13.6. The van der Waals surface area contributed by atoms with Gasteiger partial charge in [0.2, 0.25) is 0 Å². The van der Waals surface area contributed by atoms with Crippen LogP contribution in [0, 0.1) is 0 Å². The number of nitrogens with zero attached hydrogens (tertiary/aromatic N) is 2. The fourth-order valence-electron chi connectivity index (χ4n) is 2.93. The Morgan fingerprint density at radius 1 is 0.720 bits per heavy atom. The highest BCUT2D eigenvalue weighted by atomic mass is 35.5. The Morgan fingerprint density at radius 3 is 1.56 bits per heavy atom. The molecule has 0 saturated carbocycles. The lowest BCUT2D eigenvalue weighted by molar-refractivity contribution is 0.0719. The van der Waals surface area contributed by atoms with Gasteiger partial charge in [-0.25, -0.2) is 0 Å². The van der Waals surface area contributed by atoms with E-state index in [9.17, 15) is 9.59 Å². The number of halogens is 2. The molecular formula is C19H18Cl2N2O2. The van der Waals surface area contributed by atoms with E-state index in [2.05, 4.69) is 0 Å². The summed E-state index contributed by atoms with van der Waals surface area (Å²) in [5.74, 6) is -0.112. The molecule has 0 atom stereocenters. The van der Waals surface area contributed by atoms with Gasteiger partial charge in [-0.1, -0.05) is 35.3 Å². The standard InChI is InChI=1S/C19H18Cl2N2O2/c20-16-6-1-4-14(12-16)18(24)22-8-3-9-23(11-10-22)19(25)15-5-2-7-17(21)13-15/h1-2,4-7,12-13H,3,8-11H2. The highest BCUT2D eigenvalue weighted by Crippen LogP contribution is 2.17. The Balaban J connectivity index is 1.68. The molecule has 3 rings (SSSR count). The van der Waals surface area contributed by atoms with E-state index < -0.39 is 0 Å². The molecule has 0 aliphatic carbocycles. The minimum absolute atomic E-state index is 0.0560. The molecule has 2 aromatic rings. The lowest BCUT2D eigenvalue weighted by Crippen LogP contribution is -2.37. The van der Waals surface area contributed by atoms with E-state index >= 15 is 0 Å². The minimum Gasteiger partial charge on any atom is -0.337 e. The van der Waals surface area contributed by atoms with Gasteiger partial charge < -0.3 is 9.80 Å². The second kappa shape index (κ2) is 7.89. The van der Waals surface area contributed by atoms with Gasteiger partial charge in [0.25, 0.3) is 11.8 Å². The first-order valence-corrected chi connectivity index (χ1v) is 8.90. The van der Waals surface area contributed by atoms with Crippen LogP contribution in [-0.2, 0) is 0 Å². The van der Waals surface area contributed by atoms with Crippen molar-refractivity contribution in [1.82, 2.24) is 9.80 Å². The molecule has 130 valence electrons. The smallest absolute Gasteiger partial charge is 0.253 e. The normalized spacial score (nSPS) is 15.0. The maximum atomic E-state index is 12.6. The van der Waals surface area contributed by atoms with Crippen molar-refractivity contribution in [2.24, 2.45) is 0 Å². The Hall–Kier alpha value is -2.04. The first kappa shape index (κ1) is 17.8. The zero-order chi connectivity index (χ0) is 17.8. The van der Waals surface area contributed by atoms with E-state index in [1.165, 1.54) is 0 Å². The van der Waals surface area contributed by atoms with Crippen molar-refractivity contribution >= 4 is 35.0 Å². The molecule has 2 aromatic carbocycles. The molecule has 0 radical (unpaired) electrons. The van der Waals surface area contributed by atoms with Crippen LogP contribution in [0.4, 0.5) is 0 Å². The first-order chi connectivity index (χ1) is 12.0. The van der Waals surface area contributed by atoms with Gasteiger partial charge in [-0.15, -0.1) is 0 Å². The van der Waals surface area contributed by atoms with Gasteiger partial charge >= 0.3 is 0 Å². The quantitative estimate of drug-likeness (QED) is 0.794. The predicted octanol–water partition coefficient (Wildman–Crippen LogP) is 3.98. The van der Waals surface area contributed by atoms with Crippen molar-refractivity contribution in [2.45, 2.75) is 6.42 Å². The highest BCUT2D eigenvalue weighted by molar-refractivity contribution is 6.31. The minimum atomic E-state index is -0.0560. The lowest BCUT2D eigenvalue weighted by Gasteiger charge is -2.22. The SMILES string of the molecule is O=C(c1cccc(Cl)c1)N1CCCN(C(=O)c2cccc(Cl)c2)CC1. The van der Waals surface area contributed by atoms with Crippen LogP contribution >= 0.6 is 23.2 Å². The van der Waals surface area contributed by atoms with Crippen molar-refractivity contribution in [3.8, 4) is 0 Å². The molecule has 0 spiro atoms. The number of carbonyl (C=O) groups excluding carboxylic acids is 2. The first-order valence-electron chi connectivity index (χ1n) is 8.14. The van der Waals surface area contributed by atoms with Crippen LogP contribution < -0.4 is 0 Å². The molecule has 0 bridgehead atoms. The van der Waals surface area contributed by atoms with Crippen molar-refractivity contribution in [3.63, 3.8) is 0 Å². The Bertz CT molecular complexity index is 729. The predicted molar refractivity (Wildman–Crippen MR) is 99.3 cm³/mol. The highest BCUT2D eigenvalue weighted by Gasteiger charge is 2.23. The largest absolute Gasteiger partial charge is 0.337 e. The van der Waals surface area contributed by atoms with E-state index in [-0.39, 0.29) is 11.8 Å². The van der Waals surface area contributed by atoms with E-state index in [0.29, 0.717) is 47.4 Å². The molecular weight excluding hydrogens is 359 g/mol. The maximum absolute atomic E-state index is 12.6. The Kier molecular flexibility index (Phi) is 5.61. The number of amides is 2. The molecule has 1 aliphatic heterocycles. The summed E-state index contributed by atoms with van der Waals surface area (Å²) < 4.78 is 0. The van der Waals surface area contributed by atoms with Crippen LogP contribution in [0.25, 0.3) is 0 Å². The summed E-state index contributed by atoms with van der Waals surface area (Å²) in [6, 6.07) is 13.9. The molecule has 1 heterocycles. The monoisotopic (exact) mass is 376 g/mol. The summed E-state index contributed by atoms with van der Waals surface area (Å²) in [5.41, 5.74) is 1.14. The number of carbonyl (C=O) groups is 2. The third-order valence-electron chi connectivity index (χ3n) is 4.21. The summed E-state index contributed by atoms with van der Waals surface area (Å²) in [5, 5.41) is 1.08. The molecule has 1 fully saturated rings. The van der Waals surface area contributed by atoms with E-state index in [0.717, 1.165) is 6.42 Å². The van der Waals surface area contributed by atoms with Gasteiger partial charge in [-0.05, 0) is 42.8 Å². The van der Waals surface area contributed by atoms with Gasteiger partial charge in [0.15, 0.2) is 0 Å². The van der Waals surface area contributed by atoms with Crippen LogP contribution in [0.2, 0.25) is 10.0 Å². The third-order valence-corrected chi connectivity index (χ3v) is 4.68. The summed E-state index contributed by atoms with van der Waals surface area (Å²) in [6.45, 7) is 2.23. The number of hydrogen-bond donors (Lipinski definition) is 0. The summed E-state index contributed by atoms with van der Waals surface area (Å²) in [7, 11) is 0. The second-order valence-electron chi connectivity index (χ2n) is 5.96. The van der Waals surface area contributed by atoms with Crippen LogP contribution in [-0.4, -0.2) is 47.8 Å². The van der Waals surface area contributed by atoms with Gasteiger partial charge in [0.1, 0.15) is 0 Å². The fraction of sp³-hybridized carbons (Fsp3) is 0.263. The number of hydrogen-bond acceptors (Lipinski definition) is 2.